The van der Waals surface area contributed by atoms with Gasteiger partial charge < -0.3 is 4.74 Å². The summed E-state index contributed by atoms with van der Waals surface area (Å²) >= 11 is 1.46. The normalized spacial score (nSPS) is 18.2. The largest absolute Gasteiger partial charge is 0.497 e. The molecule has 4 nitrogen and oxygen atoms in total. The number of amides is 1. The second-order valence-electron chi connectivity index (χ2n) is 3.33. The fourth-order valence-electron chi connectivity index (χ4n) is 1.30. The number of carbonyl (C=O) groups excluding carboxylic acids is 1. The molecule has 5 heteroatoms. The van der Waals surface area contributed by atoms with Crippen LogP contribution in [-0.4, -0.2) is 35.9 Å². The molecule has 0 radical (unpaired) electrons. The quantitative estimate of drug-likeness (QED) is 0.787. The Morgan fingerprint density at radius 1 is 1.38 bits per heavy atom. The molecule has 2 rings (SSSR count). The molecule has 84 valence electrons. The van der Waals surface area contributed by atoms with Crippen molar-refractivity contribution < 1.29 is 9.53 Å². The number of hydrogen-bond donors (Lipinski definition) is 0. The summed E-state index contributed by atoms with van der Waals surface area (Å²) in [6.07, 6.45) is 0. The van der Waals surface area contributed by atoms with E-state index in [0.29, 0.717) is 5.75 Å². The summed E-state index contributed by atoms with van der Waals surface area (Å²) in [7, 11) is 3.37. The van der Waals surface area contributed by atoms with Gasteiger partial charge in [-0.3, -0.25) is 9.69 Å². The topological polar surface area (TPSA) is 41.9 Å². The third-order valence-corrected chi connectivity index (χ3v) is 3.30. The summed E-state index contributed by atoms with van der Waals surface area (Å²) in [6.45, 7) is 0. The minimum absolute atomic E-state index is 0.0947. The van der Waals surface area contributed by atoms with E-state index >= 15 is 0 Å². The first-order valence-electron chi connectivity index (χ1n) is 4.83. The standard InChI is InChI=1S/C11H12N2O2S/c1-13-10(14)7-16-11(13)12-8-3-5-9(15-2)6-4-8/h3-6H,7H2,1-2H3. The average molecular weight is 236 g/mol. The van der Waals surface area contributed by atoms with Crippen LogP contribution in [0.5, 0.6) is 5.75 Å². The summed E-state index contributed by atoms with van der Waals surface area (Å²) < 4.78 is 5.06. The monoisotopic (exact) mass is 236 g/mol. The van der Waals surface area contributed by atoms with E-state index in [9.17, 15) is 4.79 Å². The Balaban J connectivity index is 2.19. The number of hydrogen-bond acceptors (Lipinski definition) is 4. The number of benzene rings is 1. The first kappa shape index (κ1) is 11.0. The number of thioether (sulfide) groups is 1. The van der Waals surface area contributed by atoms with E-state index in [1.165, 1.54) is 11.8 Å². The Morgan fingerprint density at radius 2 is 2.06 bits per heavy atom. The lowest BCUT2D eigenvalue weighted by Gasteiger charge is -2.07. The molecule has 1 heterocycles. The summed E-state index contributed by atoms with van der Waals surface area (Å²) in [5.41, 5.74) is 0.824. The number of rotatable bonds is 2. The molecule has 0 aromatic heterocycles. The second kappa shape index (κ2) is 4.57. The Labute approximate surface area is 98.3 Å². The van der Waals surface area contributed by atoms with Crippen LogP contribution in [0.15, 0.2) is 29.3 Å². The number of amidine groups is 1. The van der Waals surface area contributed by atoms with E-state index in [1.807, 2.05) is 24.3 Å². The molecular weight excluding hydrogens is 224 g/mol. The average Bonchev–Trinajstić information content (AvgIpc) is 2.62. The Morgan fingerprint density at radius 3 is 2.56 bits per heavy atom. The number of ether oxygens (including phenoxy) is 1. The van der Waals surface area contributed by atoms with Crippen molar-refractivity contribution in [1.82, 2.24) is 4.90 Å². The fraction of sp³-hybridized carbons (Fsp3) is 0.273. The highest BCUT2D eigenvalue weighted by Gasteiger charge is 2.23. The molecule has 0 unspecified atom stereocenters. The van der Waals surface area contributed by atoms with Crippen LogP contribution in [0, 0.1) is 0 Å². The molecule has 1 aromatic rings. The van der Waals surface area contributed by atoms with E-state index in [1.54, 1.807) is 19.1 Å². The van der Waals surface area contributed by atoms with Crippen molar-refractivity contribution in [1.29, 1.82) is 0 Å². The van der Waals surface area contributed by atoms with Gasteiger partial charge in [0.2, 0.25) is 5.91 Å². The molecule has 0 N–H and O–H groups in total. The van der Waals surface area contributed by atoms with Gasteiger partial charge in [-0.25, -0.2) is 4.99 Å². The number of methoxy groups -OCH3 is 1. The molecule has 0 atom stereocenters. The molecule has 1 saturated heterocycles. The molecule has 1 fully saturated rings. The maximum Gasteiger partial charge on any atom is 0.238 e. The molecular formula is C11H12N2O2S. The summed E-state index contributed by atoms with van der Waals surface area (Å²) in [5, 5.41) is 0.746. The van der Waals surface area contributed by atoms with Crippen molar-refractivity contribution >= 4 is 28.5 Å². The summed E-state index contributed by atoms with van der Waals surface area (Å²) in [6, 6.07) is 7.42. The van der Waals surface area contributed by atoms with E-state index in [0.717, 1.165) is 16.6 Å². The molecule has 0 spiro atoms. The Hall–Kier alpha value is -1.49. The van der Waals surface area contributed by atoms with Crippen molar-refractivity contribution in [2.24, 2.45) is 4.99 Å². The van der Waals surface area contributed by atoms with Crippen LogP contribution < -0.4 is 4.74 Å². The van der Waals surface area contributed by atoms with Crippen LogP contribution in [0.1, 0.15) is 0 Å². The molecule has 1 aliphatic heterocycles. The number of nitrogens with zero attached hydrogens (tertiary/aromatic N) is 2. The van der Waals surface area contributed by atoms with Gasteiger partial charge in [0.15, 0.2) is 5.17 Å². The van der Waals surface area contributed by atoms with Crippen molar-refractivity contribution in [2.75, 3.05) is 19.9 Å². The predicted octanol–water partition coefficient (Wildman–Crippen LogP) is 1.89. The summed E-state index contributed by atoms with van der Waals surface area (Å²) in [5.74, 6) is 1.37. The molecule has 1 aromatic carbocycles. The molecule has 16 heavy (non-hydrogen) atoms. The minimum atomic E-state index is 0.0947. The van der Waals surface area contributed by atoms with Crippen molar-refractivity contribution in [3.63, 3.8) is 0 Å². The smallest absolute Gasteiger partial charge is 0.238 e. The highest BCUT2D eigenvalue weighted by molar-refractivity contribution is 8.15. The van der Waals surface area contributed by atoms with Crippen LogP contribution in [-0.2, 0) is 4.79 Å². The third-order valence-electron chi connectivity index (χ3n) is 2.28. The van der Waals surface area contributed by atoms with Gasteiger partial charge in [-0.05, 0) is 24.3 Å². The lowest BCUT2D eigenvalue weighted by Crippen LogP contribution is -2.24. The maximum absolute atomic E-state index is 11.3. The van der Waals surface area contributed by atoms with Crippen LogP contribution in [0.4, 0.5) is 5.69 Å². The SMILES string of the molecule is COc1ccc(N=C2SCC(=O)N2C)cc1. The van der Waals surface area contributed by atoms with E-state index in [2.05, 4.69) is 4.99 Å². The van der Waals surface area contributed by atoms with Gasteiger partial charge in [-0.1, -0.05) is 11.8 Å². The zero-order chi connectivity index (χ0) is 11.5. The molecule has 1 amide bonds. The van der Waals surface area contributed by atoms with Crippen molar-refractivity contribution in [3.8, 4) is 5.75 Å². The van der Waals surface area contributed by atoms with Gasteiger partial charge in [0.05, 0.1) is 18.6 Å². The van der Waals surface area contributed by atoms with Crippen molar-refractivity contribution in [2.45, 2.75) is 0 Å². The lowest BCUT2D eigenvalue weighted by molar-refractivity contribution is -0.123. The molecule has 0 aliphatic carbocycles. The molecule has 0 saturated carbocycles. The van der Waals surface area contributed by atoms with Crippen molar-refractivity contribution in [3.05, 3.63) is 24.3 Å². The maximum atomic E-state index is 11.3. The van der Waals surface area contributed by atoms with Crippen LogP contribution in [0.2, 0.25) is 0 Å². The summed E-state index contributed by atoms with van der Waals surface area (Å²) in [4.78, 5) is 17.3. The highest BCUT2D eigenvalue weighted by Crippen LogP contribution is 2.23. The van der Waals surface area contributed by atoms with Crippen LogP contribution in [0.25, 0.3) is 0 Å². The third kappa shape index (κ3) is 2.19. The first-order chi connectivity index (χ1) is 7.70. The van der Waals surface area contributed by atoms with E-state index < -0.39 is 0 Å². The minimum Gasteiger partial charge on any atom is -0.497 e. The van der Waals surface area contributed by atoms with Gasteiger partial charge in [0, 0.05) is 7.05 Å². The van der Waals surface area contributed by atoms with Crippen LogP contribution in [0.3, 0.4) is 0 Å². The molecule has 1 aliphatic rings. The zero-order valence-corrected chi connectivity index (χ0v) is 9.95. The predicted molar refractivity (Wildman–Crippen MR) is 65.3 cm³/mol. The number of aliphatic imine (C=N–C) groups is 1. The van der Waals surface area contributed by atoms with Gasteiger partial charge in [-0.2, -0.15) is 0 Å². The molecule has 0 bridgehead atoms. The lowest BCUT2D eigenvalue weighted by atomic mass is 10.3. The van der Waals surface area contributed by atoms with Gasteiger partial charge in [-0.15, -0.1) is 0 Å². The Bertz CT molecular complexity index is 428. The Kier molecular flexibility index (Phi) is 3.14. The highest BCUT2D eigenvalue weighted by atomic mass is 32.2. The fourth-order valence-corrected chi connectivity index (χ4v) is 2.21. The van der Waals surface area contributed by atoms with E-state index in [-0.39, 0.29) is 5.91 Å². The first-order valence-corrected chi connectivity index (χ1v) is 5.81. The van der Waals surface area contributed by atoms with Gasteiger partial charge in [0.1, 0.15) is 5.75 Å². The zero-order valence-electron chi connectivity index (χ0n) is 9.14. The second-order valence-corrected chi connectivity index (χ2v) is 4.28. The van der Waals surface area contributed by atoms with Crippen LogP contribution >= 0.6 is 11.8 Å². The van der Waals surface area contributed by atoms with E-state index in [4.69, 9.17) is 4.74 Å². The van der Waals surface area contributed by atoms with Gasteiger partial charge >= 0.3 is 0 Å². The number of carbonyl (C=O) groups is 1. The van der Waals surface area contributed by atoms with Gasteiger partial charge in [0.25, 0.3) is 0 Å².